The molecule has 11 heavy (non-hydrogen) atoms. The highest BCUT2D eigenvalue weighted by Crippen LogP contribution is 2.37. The zero-order valence-corrected chi connectivity index (χ0v) is 6.72. The van der Waals surface area contributed by atoms with Crippen molar-refractivity contribution in [1.82, 2.24) is 10.2 Å². The van der Waals surface area contributed by atoms with Gasteiger partial charge in [0.1, 0.15) is 0 Å². The summed E-state index contributed by atoms with van der Waals surface area (Å²) in [4.78, 5) is 0. The van der Waals surface area contributed by atoms with E-state index < -0.39 is 0 Å². The Bertz CT molecular complexity index is 260. The molecule has 1 aliphatic rings. The molecule has 2 rings (SSSR count). The van der Waals surface area contributed by atoms with E-state index in [0.717, 1.165) is 24.2 Å². The van der Waals surface area contributed by atoms with Crippen LogP contribution < -0.4 is 5.73 Å². The summed E-state index contributed by atoms with van der Waals surface area (Å²) in [5.74, 6) is 0. The molecule has 1 heterocycles. The summed E-state index contributed by atoms with van der Waals surface area (Å²) in [6, 6.07) is 2.04. The van der Waals surface area contributed by atoms with Crippen LogP contribution in [0.15, 0.2) is 6.07 Å². The topological polar surface area (TPSA) is 54.7 Å². The second kappa shape index (κ2) is 2.08. The molecule has 0 aliphatic heterocycles. The highest BCUT2D eigenvalue weighted by atomic mass is 15.1. The molecule has 60 valence electrons. The van der Waals surface area contributed by atoms with E-state index in [2.05, 4.69) is 10.2 Å². The lowest BCUT2D eigenvalue weighted by atomic mass is 9.75. The van der Waals surface area contributed by atoms with Gasteiger partial charge in [-0.15, -0.1) is 0 Å². The van der Waals surface area contributed by atoms with Crippen LogP contribution in [0.2, 0.25) is 0 Å². The van der Waals surface area contributed by atoms with Crippen molar-refractivity contribution in [3.63, 3.8) is 0 Å². The summed E-state index contributed by atoms with van der Waals surface area (Å²) in [5.41, 5.74) is 8.07. The third-order valence-electron chi connectivity index (χ3n) is 2.46. The number of nitrogens with zero attached hydrogens (tertiary/aromatic N) is 1. The molecule has 3 nitrogen and oxygen atoms in total. The normalized spacial score (nSPS) is 21.3. The summed E-state index contributed by atoms with van der Waals surface area (Å²) in [6.45, 7) is 2.00. The Morgan fingerprint density at radius 1 is 1.64 bits per heavy atom. The van der Waals surface area contributed by atoms with Crippen LogP contribution in [0, 0.1) is 6.92 Å². The maximum atomic E-state index is 6.05. The minimum Gasteiger partial charge on any atom is -0.320 e. The Kier molecular flexibility index (Phi) is 1.29. The first kappa shape index (κ1) is 6.85. The molecular formula is C8H13N3. The molecule has 0 aromatic carbocycles. The minimum atomic E-state index is -0.106. The molecule has 3 N–H and O–H groups in total. The largest absolute Gasteiger partial charge is 0.320 e. The van der Waals surface area contributed by atoms with Crippen LogP contribution in [0.25, 0.3) is 0 Å². The predicted octanol–water partition coefficient (Wildman–Crippen LogP) is 1.06. The van der Waals surface area contributed by atoms with Gasteiger partial charge >= 0.3 is 0 Å². The number of aromatic nitrogens is 2. The maximum absolute atomic E-state index is 6.05. The van der Waals surface area contributed by atoms with Gasteiger partial charge in [-0.1, -0.05) is 0 Å². The lowest BCUT2D eigenvalue weighted by Crippen LogP contribution is -2.43. The molecule has 1 saturated carbocycles. The van der Waals surface area contributed by atoms with Gasteiger partial charge in [0.15, 0.2) is 0 Å². The Hall–Kier alpha value is -0.830. The predicted molar refractivity (Wildman–Crippen MR) is 43.0 cm³/mol. The summed E-state index contributed by atoms with van der Waals surface area (Å²) in [5, 5.41) is 7.07. The Balaban J connectivity index is 2.28. The van der Waals surface area contributed by atoms with Crippen molar-refractivity contribution in [3.05, 3.63) is 17.5 Å². The fourth-order valence-electron chi connectivity index (χ4n) is 1.49. The van der Waals surface area contributed by atoms with E-state index in [-0.39, 0.29) is 5.54 Å². The average Bonchev–Trinajstić information content (AvgIpc) is 2.31. The first-order valence-electron chi connectivity index (χ1n) is 4.02. The quantitative estimate of drug-likeness (QED) is 0.630. The molecule has 1 aromatic rings. The SMILES string of the molecule is Cc1cc(C2(N)CCC2)n[nH]1. The fraction of sp³-hybridized carbons (Fsp3) is 0.625. The first-order chi connectivity index (χ1) is 5.21. The summed E-state index contributed by atoms with van der Waals surface area (Å²) in [6.07, 6.45) is 3.40. The molecular weight excluding hydrogens is 138 g/mol. The highest BCUT2D eigenvalue weighted by molar-refractivity contribution is 5.19. The van der Waals surface area contributed by atoms with E-state index in [9.17, 15) is 0 Å². The number of nitrogens with two attached hydrogens (primary N) is 1. The molecule has 0 unspecified atom stereocenters. The van der Waals surface area contributed by atoms with Gasteiger partial charge in [0, 0.05) is 5.69 Å². The Morgan fingerprint density at radius 3 is 2.73 bits per heavy atom. The summed E-state index contributed by atoms with van der Waals surface area (Å²) in [7, 11) is 0. The lowest BCUT2D eigenvalue weighted by Gasteiger charge is -2.36. The molecule has 1 fully saturated rings. The smallest absolute Gasteiger partial charge is 0.0823 e. The Labute approximate surface area is 66.0 Å². The lowest BCUT2D eigenvalue weighted by molar-refractivity contribution is 0.246. The van der Waals surface area contributed by atoms with Crippen molar-refractivity contribution < 1.29 is 0 Å². The summed E-state index contributed by atoms with van der Waals surface area (Å²) < 4.78 is 0. The molecule has 0 radical (unpaired) electrons. The van der Waals surface area contributed by atoms with Gasteiger partial charge in [-0.05, 0) is 32.3 Å². The van der Waals surface area contributed by atoms with Crippen molar-refractivity contribution in [1.29, 1.82) is 0 Å². The summed E-state index contributed by atoms with van der Waals surface area (Å²) >= 11 is 0. The van der Waals surface area contributed by atoms with E-state index in [1.807, 2.05) is 13.0 Å². The van der Waals surface area contributed by atoms with Crippen LogP contribution in [0.5, 0.6) is 0 Å². The van der Waals surface area contributed by atoms with Crippen LogP contribution in [0.3, 0.4) is 0 Å². The zero-order valence-electron chi connectivity index (χ0n) is 6.72. The molecule has 3 heteroatoms. The van der Waals surface area contributed by atoms with Gasteiger partial charge in [-0.3, -0.25) is 5.10 Å². The first-order valence-corrected chi connectivity index (χ1v) is 4.02. The van der Waals surface area contributed by atoms with Crippen LogP contribution in [0.1, 0.15) is 30.7 Å². The van der Waals surface area contributed by atoms with Gasteiger partial charge in [0.05, 0.1) is 11.2 Å². The van der Waals surface area contributed by atoms with Crippen molar-refractivity contribution in [2.75, 3.05) is 0 Å². The van der Waals surface area contributed by atoms with Crippen molar-refractivity contribution in [2.24, 2.45) is 5.73 Å². The van der Waals surface area contributed by atoms with E-state index >= 15 is 0 Å². The molecule has 1 aromatic heterocycles. The Morgan fingerprint density at radius 2 is 2.36 bits per heavy atom. The molecule has 0 bridgehead atoms. The van der Waals surface area contributed by atoms with Crippen LogP contribution in [-0.2, 0) is 5.54 Å². The van der Waals surface area contributed by atoms with Crippen LogP contribution in [-0.4, -0.2) is 10.2 Å². The number of rotatable bonds is 1. The number of nitrogens with one attached hydrogen (secondary N) is 1. The van der Waals surface area contributed by atoms with Crippen LogP contribution in [0.4, 0.5) is 0 Å². The minimum absolute atomic E-state index is 0.106. The van der Waals surface area contributed by atoms with Gasteiger partial charge in [0.25, 0.3) is 0 Å². The molecule has 0 amide bonds. The van der Waals surface area contributed by atoms with Gasteiger partial charge in [0.2, 0.25) is 0 Å². The number of H-pyrrole nitrogens is 1. The van der Waals surface area contributed by atoms with Crippen molar-refractivity contribution in [3.8, 4) is 0 Å². The van der Waals surface area contributed by atoms with E-state index in [1.165, 1.54) is 6.42 Å². The number of aryl methyl sites for hydroxylation is 1. The monoisotopic (exact) mass is 151 g/mol. The van der Waals surface area contributed by atoms with E-state index in [0.29, 0.717) is 0 Å². The average molecular weight is 151 g/mol. The maximum Gasteiger partial charge on any atom is 0.0823 e. The molecule has 0 saturated heterocycles. The fourth-order valence-corrected chi connectivity index (χ4v) is 1.49. The standard InChI is InChI=1S/C8H13N3/c1-6-5-7(11-10-6)8(9)3-2-4-8/h5H,2-4,9H2,1H3,(H,10,11). The van der Waals surface area contributed by atoms with Gasteiger partial charge in [-0.25, -0.2) is 0 Å². The van der Waals surface area contributed by atoms with E-state index in [1.54, 1.807) is 0 Å². The number of hydrogen-bond donors (Lipinski definition) is 2. The third kappa shape index (κ3) is 0.959. The van der Waals surface area contributed by atoms with Gasteiger partial charge in [-0.2, -0.15) is 5.10 Å². The zero-order chi connectivity index (χ0) is 7.90. The highest BCUT2D eigenvalue weighted by Gasteiger charge is 2.36. The van der Waals surface area contributed by atoms with Crippen molar-refractivity contribution in [2.45, 2.75) is 31.7 Å². The second-order valence-electron chi connectivity index (χ2n) is 3.45. The number of hydrogen-bond acceptors (Lipinski definition) is 2. The number of aromatic amines is 1. The second-order valence-corrected chi connectivity index (χ2v) is 3.45. The molecule has 1 aliphatic carbocycles. The van der Waals surface area contributed by atoms with Crippen LogP contribution >= 0.6 is 0 Å². The van der Waals surface area contributed by atoms with Gasteiger partial charge < -0.3 is 5.73 Å². The molecule has 0 spiro atoms. The van der Waals surface area contributed by atoms with E-state index in [4.69, 9.17) is 5.73 Å². The third-order valence-corrected chi connectivity index (χ3v) is 2.46. The molecule has 0 atom stereocenters. The van der Waals surface area contributed by atoms with Crippen molar-refractivity contribution >= 4 is 0 Å².